The van der Waals surface area contributed by atoms with E-state index >= 15 is 0 Å². The van der Waals surface area contributed by atoms with Crippen LogP contribution in [-0.4, -0.2) is 41.4 Å². The van der Waals surface area contributed by atoms with Crippen LogP contribution in [-0.2, 0) is 17.9 Å². The molecule has 0 spiro atoms. The van der Waals surface area contributed by atoms with Crippen LogP contribution in [0.15, 0.2) is 48.5 Å². The highest BCUT2D eigenvalue weighted by molar-refractivity contribution is 6.31. The minimum absolute atomic E-state index is 0.0632. The fraction of sp³-hybridized carbons (Fsp3) is 0.300. The van der Waals surface area contributed by atoms with Crippen LogP contribution in [0.5, 0.6) is 0 Å². The normalized spacial score (nSPS) is 14.0. The minimum atomic E-state index is -0.185. The third kappa shape index (κ3) is 4.55. The lowest BCUT2D eigenvalue weighted by Gasteiger charge is -2.18. The van der Waals surface area contributed by atoms with Gasteiger partial charge in [-0.2, -0.15) is 0 Å². The van der Waals surface area contributed by atoms with Gasteiger partial charge in [0.05, 0.1) is 0 Å². The Morgan fingerprint density at radius 3 is 2.50 bits per heavy atom. The predicted octanol–water partition coefficient (Wildman–Crippen LogP) is 3.20. The SMILES string of the molecule is Cc1ccc(CN2CCN(CC(=O)NCc3ccccc3Cl)C2=O)cc1. The molecule has 3 amide bonds. The number of hydrogen-bond donors (Lipinski definition) is 1. The lowest BCUT2D eigenvalue weighted by atomic mass is 10.1. The maximum absolute atomic E-state index is 12.5. The number of nitrogens with one attached hydrogen (secondary N) is 1. The summed E-state index contributed by atoms with van der Waals surface area (Å²) in [7, 11) is 0. The first-order valence-electron chi connectivity index (χ1n) is 8.62. The summed E-state index contributed by atoms with van der Waals surface area (Å²) in [5.41, 5.74) is 3.14. The number of aryl methyl sites for hydroxylation is 1. The highest BCUT2D eigenvalue weighted by Gasteiger charge is 2.29. The van der Waals surface area contributed by atoms with E-state index < -0.39 is 0 Å². The molecule has 2 aromatic rings. The van der Waals surface area contributed by atoms with Gasteiger partial charge in [0.2, 0.25) is 5.91 Å². The molecule has 1 aliphatic rings. The number of nitrogens with zero attached hydrogens (tertiary/aromatic N) is 2. The molecule has 6 heteroatoms. The molecule has 1 saturated heterocycles. The summed E-state index contributed by atoms with van der Waals surface area (Å²) < 4.78 is 0. The Kier molecular flexibility index (Phi) is 5.78. The maximum Gasteiger partial charge on any atom is 0.320 e. The van der Waals surface area contributed by atoms with E-state index in [1.54, 1.807) is 15.9 Å². The standard InChI is InChI=1S/C20H22ClN3O2/c1-15-6-8-16(9-7-15)13-23-10-11-24(20(23)26)14-19(25)22-12-17-4-2-3-5-18(17)21/h2-9H,10-14H2,1H3,(H,22,25). The van der Waals surface area contributed by atoms with Crippen LogP contribution >= 0.6 is 11.6 Å². The largest absolute Gasteiger partial charge is 0.350 e. The van der Waals surface area contributed by atoms with Crippen molar-refractivity contribution < 1.29 is 9.59 Å². The average Bonchev–Trinajstić information content (AvgIpc) is 2.96. The third-order valence-corrected chi connectivity index (χ3v) is 4.81. The quantitative estimate of drug-likeness (QED) is 0.847. The van der Waals surface area contributed by atoms with Gasteiger partial charge >= 0.3 is 6.03 Å². The van der Waals surface area contributed by atoms with Gasteiger partial charge in [-0.05, 0) is 24.1 Å². The van der Waals surface area contributed by atoms with Crippen LogP contribution in [0.2, 0.25) is 5.02 Å². The van der Waals surface area contributed by atoms with Crippen molar-refractivity contribution in [3.63, 3.8) is 0 Å². The van der Waals surface area contributed by atoms with E-state index in [0.29, 0.717) is 31.2 Å². The molecule has 136 valence electrons. The molecule has 1 N–H and O–H groups in total. The topological polar surface area (TPSA) is 52.6 Å². The van der Waals surface area contributed by atoms with Gasteiger partial charge in [-0.15, -0.1) is 0 Å². The van der Waals surface area contributed by atoms with E-state index in [1.165, 1.54) is 5.56 Å². The lowest BCUT2D eigenvalue weighted by molar-refractivity contribution is -0.121. The van der Waals surface area contributed by atoms with Gasteiger partial charge in [0.1, 0.15) is 6.54 Å². The van der Waals surface area contributed by atoms with Gasteiger partial charge in [-0.25, -0.2) is 4.79 Å². The molecule has 1 fully saturated rings. The summed E-state index contributed by atoms with van der Waals surface area (Å²) in [6.07, 6.45) is 0. The molecule has 5 nitrogen and oxygen atoms in total. The molecule has 1 aliphatic heterocycles. The van der Waals surface area contributed by atoms with Gasteiger partial charge in [0.15, 0.2) is 0 Å². The number of benzene rings is 2. The molecule has 0 atom stereocenters. The molecule has 0 saturated carbocycles. The maximum atomic E-state index is 12.5. The van der Waals surface area contributed by atoms with Gasteiger partial charge in [0.25, 0.3) is 0 Å². The van der Waals surface area contributed by atoms with Gasteiger partial charge in [0, 0.05) is 31.2 Å². The Balaban J connectivity index is 1.49. The van der Waals surface area contributed by atoms with Crippen LogP contribution in [0, 0.1) is 6.92 Å². The summed E-state index contributed by atoms with van der Waals surface area (Å²) >= 11 is 6.08. The van der Waals surface area contributed by atoms with Crippen LogP contribution in [0.3, 0.4) is 0 Å². The zero-order valence-electron chi connectivity index (χ0n) is 14.7. The van der Waals surface area contributed by atoms with Gasteiger partial charge < -0.3 is 15.1 Å². The molecule has 2 aromatic carbocycles. The molecule has 0 aromatic heterocycles. The zero-order chi connectivity index (χ0) is 18.5. The molecule has 26 heavy (non-hydrogen) atoms. The second kappa shape index (κ2) is 8.23. The van der Waals surface area contributed by atoms with E-state index in [0.717, 1.165) is 11.1 Å². The van der Waals surface area contributed by atoms with Gasteiger partial charge in [-0.1, -0.05) is 59.6 Å². The number of amides is 3. The fourth-order valence-electron chi connectivity index (χ4n) is 2.90. The van der Waals surface area contributed by atoms with Crippen molar-refractivity contribution in [2.45, 2.75) is 20.0 Å². The summed E-state index contributed by atoms with van der Waals surface area (Å²) in [6, 6.07) is 15.4. The molecule has 3 rings (SSSR count). The minimum Gasteiger partial charge on any atom is -0.350 e. The molecule has 0 aliphatic carbocycles. The Morgan fingerprint density at radius 2 is 1.77 bits per heavy atom. The zero-order valence-corrected chi connectivity index (χ0v) is 15.5. The number of hydrogen-bond acceptors (Lipinski definition) is 2. The van der Waals surface area contributed by atoms with Crippen LogP contribution < -0.4 is 5.32 Å². The molecule has 0 bridgehead atoms. The first-order valence-corrected chi connectivity index (χ1v) is 9.00. The Morgan fingerprint density at radius 1 is 1.08 bits per heavy atom. The second-order valence-corrected chi connectivity index (χ2v) is 6.89. The van der Waals surface area contributed by atoms with E-state index in [4.69, 9.17) is 11.6 Å². The summed E-state index contributed by atoms with van der Waals surface area (Å²) in [5, 5.41) is 3.44. The van der Waals surface area contributed by atoms with Crippen molar-refractivity contribution in [1.82, 2.24) is 15.1 Å². The summed E-state index contributed by atoms with van der Waals surface area (Å²) in [5.74, 6) is -0.185. The molecular formula is C20H22ClN3O2. The number of halogens is 1. The van der Waals surface area contributed by atoms with Crippen molar-refractivity contribution in [3.05, 3.63) is 70.2 Å². The summed E-state index contributed by atoms with van der Waals surface area (Å²) in [4.78, 5) is 28.0. The van der Waals surface area contributed by atoms with Crippen LogP contribution in [0.1, 0.15) is 16.7 Å². The second-order valence-electron chi connectivity index (χ2n) is 6.48. The number of rotatable bonds is 6. The van der Waals surface area contributed by atoms with Gasteiger partial charge in [-0.3, -0.25) is 4.79 Å². The van der Waals surface area contributed by atoms with Crippen molar-refractivity contribution in [1.29, 1.82) is 0 Å². The first kappa shape index (κ1) is 18.3. The molecule has 0 unspecified atom stereocenters. The monoisotopic (exact) mass is 371 g/mol. The predicted molar refractivity (Wildman–Crippen MR) is 102 cm³/mol. The van der Waals surface area contributed by atoms with Crippen molar-refractivity contribution in [2.24, 2.45) is 0 Å². The van der Waals surface area contributed by atoms with Crippen LogP contribution in [0.25, 0.3) is 0 Å². The van der Waals surface area contributed by atoms with E-state index in [-0.39, 0.29) is 18.5 Å². The Labute approximate surface area is 158 Å². The molecule has 1 heterocycles. The van der Waals surface area contributed by atoms with E-state index in [9.17, 15) is 9.59 Å². The lowest BCUT2D eigenvalue weighted by Crippen LogP contribution is -2.39. The fourth-order valence-corrected chi connectivity index (χ4v) is 3.11. The number of carbonyl (C=O) groups excluding carboxylic acids is 2. The van der Waals surface area contributed by atoms with E-state index in [2.05, 4.69) is 5.32 Å². The summed E-state index contributed by atoms with van der Waals surface area (Å²) in [6.45, 7) is 4.21. The van der Waals surface area contributed by atoms with Crippen molar-refractivity contribution in [3.8, 4) is 0 Å². The van der Waals surface area contributed by atoms with E-state index in [1.807, 2.05) is 49.4 Å². The number of urea groups is 1. The third-order valence-electron chi connectivity index (χ3n) is 4.44. The van der Waals surface area contributed by atoms with Crippen molar-refractivity contribution >= 4 is 23.5 Å². The average molecular weight is 372 g/mol. The Hall–Kier alpha value is -2.53. The van der Waals surface area contributed by atoms with Crippen molar-refractivity contribution in [2.75, 3.05) is 19.6 Å². The first-order chi connectivity index (χ1) is 12.5. The Bertz CT molecular complexity index is 792. The molecular weight excluding hydrogens is 350 g/mol. The number of carbonyl (C=O) groups is 2. The highest BCUT2D eigenvalue weighted by Crippen LogP contribution is 2.15. The molecule has 0 radical (unpaired) electrons. The highest BCUT2D eigenvalue weighted by atomic mass is 35.5. The smallest absolute Gasteiger partial charge is 0.320 e. The van der Waals surface area contributed by atoms with Crippen LogP contribution in [0.4, 0.5) is 4.79 Å².